The van der Waals surface area contributed by atoms with Gasteiger partial charge in [-0.05, 0) is 56.2 Å². The molecule has 4 rings (SSSR count). The van der Waals surface area contributed by atoms with Gasteiger partial charge in [0.05, 0.1) is 11.0 Å². The highest BCUT2D eigenvalue weighted by Crippen LogP contribution is 2.32. The number of hydrogen-bond donors (Lipinski definition) is 1. The van der Waals surface area contributed by atoms with Crippen molar-refractivity contribution in [2.24, 2.45) is 11.8 Å². The van der Waals surface area contributed by atoms with Crippen molar-refractivity contribution in [3.63, 3.8) is 0 Å². The van der Waals surface area contributed by atoms with Crippen molar-refractivity contribution in [2.45, 2.75) is 46.1 Å². The zero-order valence-electron chi connectivity index (χ0n) is 16.2. The molecule has 0 spiro atoms. The molecule has 5 heteroatoms. The van der Waals surface area contributed by atoms with Gasteiger partial charge in [0.15, 0.2) is 0 Å². The monoisotopic (exact) mass is 354 g/mol. The lowest BCUT2D eigenvalue weighted by Crippen LogP contribution is -2.46. The highest BCUT2D eigenvalue weighted by Gasteiger charge is 2.33. The van der Waals surface area contributed by atoms with E-state index in [4.69, 9.17) is 0 Å². The van der Waals surface area contributed by atoms with Crippen LogP contribution in [0.15, 0.2) is 18.2 Å². The molecule has 0 radical (unpaired) electrons. The number of aromatic nitrogens is 2. The smallest absolute Gasteiger partial charge is 0.253 e. The molecule has 1 unspecified atom stereocenters. The number of aromatic amines is 1. The predicted molar refractivity (Wildman–Crippen MR) is 104 cm³/mol. The van der Waals surface area contributed by atoms with Gasteiger partial charge in [-0.15, -0.1) is 0 Å². The number of imidazole rings is 1. The van der Waals surface area contributed by atoms with Crippen LogP contribution in [0.3, 0.4) is 0 Å². The van der Waals surface area contributed by atoms with Gasteiger partial charge in [0.2, 0.25) is 0 Å². The molecule has 1 aliphatic heterocycles. The number of fused-ring (bicyclic) bond motifs is 1. The Morgan fingerprint density at radius 2 is 2.12 bits per heavy atom. The van der Waals surface area contributed by atoms with Crippen LogP contribution in [0.2, 0.25) is 0 Å². The lowest BCUT2D eigenvalue weighted by Gasteiger charge is -2.34. The van der Waals surface area contributed by atoms with Crippen LogP contribution in [-0.4, -0.2) is 57.9 Å². The van der Waals surface area contributed by atoms with Crippen LogP contribution in [0.1, 0.15) is 49.3 Å². The van der Waals surface area contributed by atoms with Crippen LogP contribution in [0.5, 0.6) is 0 Å². The molecule has 1 saturated carbocycles. The van der Waals surface area contributed by atoms with Gasteiger partial charge in [0.1, 0.15) is 5.82 Å². The first-order valence-electron chi connectivity index (χ1n) is 10.0. The number of aryl methyl sites for hydroxylation is 1. The van der Waals surface area contributed by atoms with Gasteiger partial charge >= 0.3 is 0 Å². The molecule has 1 saturated heterocycles. The van der Waals surface area contributed by atoms with Crippen LogP contribution in [-0.2, 0) is 0 Å². The van der Waals surface area contributed by atoms with E-state index >= 15 is 0 Å². The fourth-order valence-electron chi connectivity index (χ4n) is 4.19. The molecule has 1 amide bonds. The standard InChI is InChI=1S/C21H30N4O/c1-14(2)20-13-25(10-4-9-24(20)12-16-5-6-16)21(26)17-7-8-18-19(11-17)23-15(3)22-18/h7-8,11,14,16,20H,4-6,9-10,12-13H2,1-3H3,(H,22,23). The molecule has 1 atom stereocenters. The van der Waals surface area contributed by atoms with E-state index in [1.165, 1.54) is 19.4 Å². The van der Waals surface area contributed by atoms with Crippen LogP contribution in [0.4, 0.5) is 0 Å². The summed E-state index contributed by atoms with van der Waals surface area (Å²) in [5.41, 5.74) is 2.63. The number of amides is 1. The molecule has 2 aromatic rings. The number of nitrogens with one attached hydrogen (secondary N) is 1. The Balaban J connectivity index is 1.53. The predicted octanol–water partition coefficient (Wildman–Crippen LogP) is 3.45. The summed E-state index contributed by atoms with van der Waals surface area (Å²) in [6, 6.07) is 6.28. The second-order valence-corrected chi connectivity index (χ2v) is 8.41. The van der Waals surface area contributed by atoms with Crippen molar-refractivity contribution in [1.29, 1.82) is 0 Å². The van der Waals surface area contributed by atoms with Crippen molar-refractivity contribution in [3.05, 3.63) is 29.6 Å². The third kappa shape index (κ3) is 3.63. The Morgan fingerprint density at radius 1 is 1.31 bits per heavy atom. The maximum Gasteiger partial charge on any atom is 0.253 e. The molecule has 1 N–H and O–H groups in total. The van der Waals surface area contributed by atoms with Crippen LogP contribution in [0.25, 0.3) is 11.0 Å². The average molecular weight is 354 g/mol. The number of H-pyrrole nitrogens is 1. The van der Waals surface area contributed by atoms with E-state index in [2.05, 4.69) is 33.6 Å². The molecule has 2 heterocycles. The second kappa shape index (κ2) is 7.03. The van der Waals surface area contributed by atoms with Gasteiger partial charge in [0.25, 0.3) is 5.91 Å². The fourth-order valence-corrected chi connectivity index (χ4v) is 4.19. The molecular formula is C21H30N4O. The quantitative estimate of drug-likeness (QED) is 0.915. The van der Waals surface area contributed by atoms with Gasteiger partial charge in [-0.1, -0.05) is 13.8 Å². The molecule has 26 heavy (non-hydrogen) atoms. The first-order chi connectivity index (χ1) is 12.5. The largest absolute Gasteiger partial charge is 0.342 e. The fraction of sp³-hybridized carbons (Fsp3) is 0.619. The number of carbonyl (C=O) groups is 1. The summed E-state index contributed by atoms with van der Waals surface area (Å²) in [6.45, 7) is 10.5. The van der Waals surface area contributed by atoms with E-state index in [1.807, 2.05) is 25.1 Å². The summed E-state index contributed by atoms with van der Waals surface area (Å²) in [5, 5.41) is 0. The Bertz CT molecular complexity index is 792. The zero-order valence-corrected chi connectivity index (χ0v) is 16.2. The van der Waals surface area contributed by atoms with Crippen molar-refractivity contribution >= 4 is 16.9 Å². The number of hydrogen-bond acceptors (Lipinski definition) is 3. The van der Waals surface area contributed by atoms with E-state index in [9.17, 15) is 4.79 Å². The number of benzene rings is 1. The molecule has 5 nitrogen and oxygen atoms in total. The SMILES string of the molecule is Cc1nc2ccc(C(=O)N3CCCN(CC4CC4)C(C(C)C)C3)cc2[nH]1. The maximum atomic E-state index is 13.2. The summed E-state index contributed by atoms with van der Waals surface area (Å²) < 4.78 is 0. The van der Waals surface area contributed by atoms with Gasteiger partial charge in [-0.2, -0.15) is 0 Å². The van der Waals surface area contributed by atoms with Gasteiger partial charge < -0.3 is 9.88 Å². The van der Waals surface area contributed by atoms with Gasteiger partial charge in [0, 0.05) is 37.8 Å². The second-order valence-electron chi connectivity index (χ2n) is 8.41. The van der Waals surface area contributed by atoms with E-state index in [0.29, 0.717) is 12.0 Å². The Kier molecular flexibility index (Phi) is 4.74. The molecule has 2 aliphatic rings. The van der Waals surface area contributed by atoms with Crippen molar-refractivity contribution in [2.75, 3.05) is 26.2 Å². The van der Waals surface area contributed by atoms with Crippen molar-refractivity contribution < 1.29 is 4.79 Å². The molecule has 1 aliphatic carbocycles. The highest BCUT2D eigenvalue weighted by atomic mass is 16.2. The summed E-state index contributed by atoms with van der Waals surface area (Å²) in [7, 11) is 0. The molecule has 1 aromatic carbocycles. The van der Waals surface area contributed by atoms with Gasteiger partial charge in [-0.3, -0.25) is 9.69 Å². The van der Waals surface area contributed by atoms with E-state index in [0.717, 1.165) is 54.4 Å². The summed E-state index contributed by atoms with van der Waals surface area (Å²) in [4.78, 5) is 25.6. The zero-order chi connectivity index (χ0) is 18.3. The Morgan fingerprint density at radius 3 is 2.85 bits per heavy atom. The molecular weight excluding hydrogens is 324 g/mol. The highest BCUT2D eigenvalue weighted by molar-refractivity contribution is 5.97. The number of carbonyl (C=O) groups excluding carboxylic acids is 1. The average Bonchev–Trinajstić information content (AvgIpc) is 3.37. The van der Waals surface area contributed by atoms with Crippen LogP contribution in [0, 0.1) is 18.8 Å². The Labute approximate surface area is 155 Å². The summed E-state index contributed by atoms with van der Waals surface area (Å²) in [5.74, 6) is 2.48. The third-order valence-electron chi connectivity index (χ3n) is 5.84. The van der Waals surface area contributed by atoms with Crippen molar-refractivity contribution in [3.8, 4) is 0 Å². The lowest BCUT2D eigenvalue weighted by atomic mass is 10.0. The molecule has 1 aromatic heterocycles. The normalized spacial score (nSPS) is 22.2. The van der Waals surface area contributed by atoms with Crippen LogP contribution >= 0.6 is 0 Å². The number of nitrogens with zero attached hydrogens (tertiary/aromatic N) is 3. The first-order valence-corrected chi connectivity index (χ1v) is 10.0. The minimum Gasteiger partial charge on any atom is -0.342 e. The topological polar surface area (TPSA) is 52.2 Å². The van der Waals surface area contributed by atoms with Crippen molar-refractivity contribution in [1.82, 2.24) is 19.8 Å². The van der Waals surface area contributed by atoms with Gasteiger partial charge in [-0.25, -0.2) is 4.98 Å². The summed E-state index contributed by atoms with van der Waals surface area (Å²) in [6.07, 6.45) is 3.83. The maximum absolute atomic E-state index is 13.2. The minimum absolute atomic E-state index is 0.151. The van der Waals surface area contributed by atoms with E-state index < -0.39 is 0 Å². The minimum atomic E-state index is 0.151. The first kappa shape index (κ1) is 17.5. The lowest BCUT2D eigenvalue weighted by molar-refractivity contribution is 0.0704. The van der Waals surface area contributed by atoms with Crippen LogP contribution < -0.4 is 0 Å². The van der Waals surface area contributed by atoms with E-state index in [-0.39, 0.29) is 5.91 Å². The number of rotatable bonds is 4. The summed E-state index contributed by atoms with van der Waals surface area (Å²) >= 11 is 0. The third-order valence-corrected chi connectivity index (χ3v) is 5.84. The molecule has 2 fully saturated rings. The Hall–Kier alpha value is -1.88. The van der Waals surface area contributed by atoms with E-state index in [1.54, 1.807) is 0 Å². The molecule has 0 bridgehead atoms. The molecule has 140 valence electrons.